The topological polar surface area (TPSA) is 38.9 Å². The average Bonchev–Trinajstić information content (AvgIpc) is 2.16. The van der Waals surface area contributed by atoms with Crippen molar-refractivity contribution in [3.05, 3.63) is 33.9 Å². The van der Waals surface area contributed by atoms with Crippen LogP contribution in [0.3, 0.4) is 0 Å². The minimum atomic E-state index is 0.705. The number of pyridine rings is 1. The summed E-state index contributed by atoms with van der Waals surface area (Å²) < 4.78 is 1.14. The van der Waals surface area contributed by atoms with E-state index in [0.717, 1.165) is 15.4 Å². The van der Waals surface area contributed by atoms with Crippen molar-refractivity contribution < 1.29 is 0 Å². The van der Waals surface area contributed by atoms with Gasteiger partial charge in [-0.3, -0.25) is 4.98 Å². The molecule has 0 atom stereocenters. The normalized spacial score (nSPS) is 10.8. The van der Waals surface area contributed by atoms with E-state index in [1.807, 2.05) is 6.07 Å². The molecule has 2 rings (SSSR count). The van der Waals surface area contributed by atoms with Gasteiger partial charge in [0, 0.05) is 9.86 Å². The third kappa shape index (κ3) is 1.38. The summed E-state index contributed by atoms with van der Waals surface area (Å²) in [5.41, 5.74) is 9.80. The largest absolute Gasteiger partial charge is 0.397 e. The fourth-order valence-electron chi connectivity index (χ4n) is 1.59. The monoisotopic (exact) mass is 250 g/mol. The van der Waals surface area contributed by atoms with E-state index in [2.05, 4.69) is 40.8 Å². The number of nitrogens with zero attached hydrogens (tertiary/aromatic N) is 1. The molecule has 0 saturated carbocycles. The van der Waals surface area contributed by atoms with Gasteiger partial charge in [0.15, 0.2) is 0 Å². The maximum atomic E-state index is 5.70. The van der Waals surface area contributed by atoms with Crippen molar-refractivity contribution in [3.63, 3.8) is 0 Å². The fraction of sp³-hybridized carbons (Fsp3) is 0.182. The Morgan fingerprint density at radius 3 is 2.71 bits per heavy atom. The molecular formula is C11H11BrN2. The molecule has 14 heavy (non-hydrogen) atoms. The van der Waals surface area contributed by atoms with Gasteiger partial charge in [-0.15, -0.1) is 0 Å². The van der Waals surface area contributed by atoms with Crippen molar-refractivity contribution in [1.29, 1.82) is 0 Å². The maximum absolute atomic E-state index is 5.70. The number of benzene rings is 1. The van der Waals surface area contributed by atoms with Crippen LogP contribution in [0.1, 0.15) is 11.1 Å². The zero-order valence-electron chi connectivity index (χ0n) is 8.13. The third-order valence-electron chi connectivity index (χ3n) is 2.37. The van der Waals surface area contributed by atoms with E-state index in [-0.39, 0.29) is 0 Å². The molecule has 0 spiro atoms. The van der Waals surface area contributed by atoms with Crippen LogP contribution in [-0.2, 0) is 0 Å². The standard InChI is InChI=1S/C11H11BrN2/c1-6-3-10-9(7(2)11(6)12)4-8(13)5-14-10/h3-5H,13H2,1-2H3. The number of nitrogen functional groups attached to an aromatic ring is 1. The number of halogens is 1. The Morgan fingerprint density at radius 1 is 1.29 bits per heavy atom. The van der Waals surface area contributed by atoms with E-state index in [1.165, 1.54) is 11.1 Å². The van der Waals surface area contributed by atoms with Crippen LogP contribution in [0.5, 0.6) is 0 Å². The van der Waals surface area contributed by atoms with Crippen molar-refractivity contribution in [2.45, 2.75) is 13.8 Å². The van der Waals surface area contributed by atoms with Crippen molar-refractivity contribution in [1.82, 2.24) is 4.98 Å². The summed E-state index contributed by atoms with van der Waals surface area (Å²) in [4.78, 5) is 4.30. The van der Waals surface area contributed by atoms with E-state index in [0.29, 0.717) is 5.69 Å². The summed E-state index contributed by atoms with van der Waals surface area (Å²) in [7, 11) is 0. The molecule has 0 aliphatic rings. The van der Waals surface area contributed by atoms with E-state index in [4.69, 9.17) is 5.73 Å². The third-order valence-corrected chi connectivity index (χ3v) is 3.59. The number of nitrogens with two attached hydrogens (primary N) is 1. The average molecular weight is 251 g/mol. The predicted octanol–water partition coefficient (Wildman–Crippen LogP) is 3.20. The summed E-state index contributed by atoms with van der Waals surface area (Å²) >= 11 is 3.56. The Balaban J connectivity index is 2.92. The van der Waals surface area contributed by atoms with Gasteiger partial charge in [-0.1, -0.05) is 15.9 Å². The van der Waals surface area contributed by atoms with Crippen molar-refractivity contribution in [3.8, 4) is 0 Å². The number of aromatic nitrogens is 1. The first-order valence-electron chi connectivity index (χ1n) is 4.40. The highest BCUT2D eigenvalue weighted by atomic mass is 79.9. The lowest BCUT2D eigenvalue weighted by Crippen LogP contribution is -1.91. The Kier molecular flexibility index (Phi) is 2.19. The molecule has 0 amide bonds. The van der Waals surface area contributed by atoms with Gasteiger partial charge < -0.3 is 5.73 Å². The van der Waals surface area contributed by atoms with Crippen LogP contribution in [-0.4, -0.2) is 4.98 Å². The molecule has 0 fully saturated rings. The molecule has 72 valence electrons. The van der Waals surface area contributed by atoms with Crippen molar-refractivity contribution in [2.24, 2.45) is 0 Å². The number of rotatable bonds is 0. The van der Waals surface area contributed by atoms with Crippen LogP contribution in [0.25, 0.3) is 10.9 Å². The van der Waals surface area contributed by atoms with Gasteiger partial charge in [0.25, 0.3) is 0 Å². The molecule has 1 heterocycles. The van der Waals surface area contributed by atoms with Gasteiger partial charge in [0.05, 0.1) is 17.4 Å². The van der Waals surface area contributed by atoms with Crippen LogP contribution >= 0.6 is 15.9 Å². The first kappa shape index (κ1) is 9.46. The lowest BCUT2D eigenvalue weighted by Gasteiger charge is -2.07. The Bertz CT molecular complexity index is 506. The molecule has 0 aliphatic carbocycles. The number of fused-ring (bicyclic) bond motifs is 1. The van der Waals surface area contributed by atoms with E-state index in [1.54, 1.807) is 6.20 Å². The van der Waals surface area contributed by atoms with Crippen molar-refractivity contribution in [2.75, 3.05) is 5.73 Å². The minimum absolute atomic E-state index is 0.705. The highest BCUT2D eigenvalue weighted by Crippen LogP contribution is 2.28. The van der Waals surface area contributed by atoms with Gasteiger partial charge in [0.1, 0.15) is 0 Å². The predicted molar refractivity (Wildman–Crippen MR) is 63.3 cm³/mol. The summed E-state index contributed by atoms with van der Waals surface area (Å²) in [5, 5.41) is 1.11. The molecule has 3 heteroatoms. The molecule has 0 aliphatic heterocycles. The highest BCUT2D eigenvalue weighted by Gasteiger charge is 2.05. The summed E-state index contributed by atoms with van der Waals surface area (Å²) in [6.07, 6.45) is 1.69. The zero-order chi connectivity index (χ0) is 10.3. The molecule has 2 nitrogen and oxygen atoms in total. The fourth-order valence-corrected chi connectivity index (χ4v) is 1.92. The minimum Gasteiger partial charge on any atom is -0.397 e. The molecule has 0 bridgehead atoms. The second-order valence-corrected chi connectivity index (χ2v) is 4.26. The van der Waals surface area contributed by atoms with Gasteiger partial charge >= 0.3 is 0 Å². The van der Waals surface area contributed by atoms with Gasteiger partial charge in [-0.2, -0.15) is 0 Å². The second-order valence-electron chi connectivity index (χ2n) is 3.47. The van der Waals surface area contributed by atoms with Gasteiger partial charge in [-0.25, -0.2) is 0 Å². The Hall–Kier alpha value is -1.09. The van der Waals surface area contributed by atoms with E-state index in [9.17, 15) is 0 Å². The maximum Gasteiger partial charge on any atom is 0.0709 e. The van der Waals surface area contributed by atoms with Crippen molar-refractivity contribution >= 4 is 32.5 Å². The first-order valence-corrected chi connectivity index (χ1v) is 5.20. The smallest absolute Gasteiger partial charge is 0.0709 e. The van der Waals surface area contributed by atoms with Gasteiger partial charge in [0.2, 0.25) is 0 Å². The first-order chi connectivity index (χ1) is 6.59. The molecule has 0 radical (unpaired) electrons. The Morgan fingerprint density at radius 2 is 2.00 bits per heavy atom. The molecule has 0 unspecified atom stereocenters. The quantitative estimate of drug-likeness (QED) is 0.780. The molecular weight excluding hydrogens is 240 g/mol. The lowest BCUT2D eigenvalue weighted by molar-refractivity contribution is 1.33. The number of hydrogen-bond acceptors (Lipinski definition) is 2. The molecule has 0 saturated heterocycles. The Labute approximate surface area is 91.3 Å². The van der Waals surface area contributed by atoms with Crippen LogP contribution in [0, 0.1) is 13.8 Å². The summed E-state index contributed by atoms with van der Waals surface area (Å²) in [5.74, 6) is 0. The highest BCUT2D eigenvalue weighted by molar-refractivity contribution is 9.10. The van der Waals surface area contributed by atoms with Crippen LogP contribution < -0.4 is 5.73 Å². The molecule has 2 N–H and O–H groups in total. The SMILES string of the molecule is Cc1cc2ncc(N)cc2c(C)c1Br. The molecule has 1 aromatic heterocycles. The van der Waals surface area contributed by atoms with Crippen LogP contribution in [0.4, 0.5) is 5.69 Å². The van der Waals surface area contributed by atoms with E-state index >= 15 is 0 Å². The number of aryl methyl sites for hydroxylation is 2. The van der Waals surface area contributed by atoms with E-state index < -0.39 is 0 Å². The summed E-state index contributed by atoms with van der Waals surface area (Å²) in [6, 6.07) is 4.02. The van der Waals surface area contributed by atoms with Crippen LogP contribution in [0.15, 0.2) is 22.8 Å². The van der Waals surface area contributed by atoms with Crippen LogP contribution in [0.2, 0.25) is 0 Å². The zero-order valence-corrected chi connectivity index (χ0v) is 9.72. The molecule has 2 aromatic rings. The second kappa shape index (κ2) is 3.24. The summed E-state index contributed by atoms with van der Waals surface area (Å²) in [6.45, 7) is 4.13. The van der Waals surface area contributed by atoms with Gasteiger partial charge in [-0.05, 0) is 37.1 Å². The lowest BCUT2D eigenvalue weighted by atomic mass is 10.1. The number of anilines is 1. The molecule has 1 aromatic carbocycles. The number of hydrogen-bond donors (Lipinski definition) is 1.